The van der Waals surface area contributed by atoms with Crippen molar-refractivity contribution in [3.8, 4) is 5.75 Å². The molecule has 2 rings (SSSR count). The molecule has 1 aromatic rings. The molecule has 1 amide bonds. The summed E-state index contributed by atoms with van der Waals surface area (Å²) in [6.45, 7) is 1.98. The van der Waals surface area contributed by atoms with Crippen LogP contribution in [-0.4, -0.2) is 30.3 Å². The number of aliphatic hydroxyl groups excluding tert-OH is 1. The van der Waals surface area contributed by atoms with Crippen molar-refractivity contribution >= 4 is 5.91 Å². The Bertz CT molecular complexity index is 487. The minimum absolute atomic E-state index is 0.0353. The zero-order chi connectivity index (χ0) is 15.2. The third kappa shape index (κ3) is 4.46. The van der Waals surface area contributed by atoms with Gasteiger partial charge in [0.1, 0.15) is 5.75 Å². The molecule has 0 bridgehead atoms. The van der Waals surface area contributed by atoms with Crippen LogP contribution in [0.3, 0.4) is 0 Å². The Morgan fingerprint density at radius 2 is 2.10 bits per heavy atom. The van der Waals surface area contributed by atoms with Crippen LogP contribution in [0.1, 0.15) is 43.2 Å². The molecular formula is C17H25NO3. The van der Waals surface area contributed by atoms with Gasteiger partial charge in [-0.3, -0.25) is 4.79 Å². The zero-order valence-corrected chi connectivity index (χ0v) is 12.9. The molecule has 2 atom stereocenters. The van der Waals surface area contributed by atoms with Crippen LogP contribution in [0, 0.1) is 6.92 Å². The van der Waals surface area contributed by atoms with Crippen molar-refractivity contribution in [2.75, 3.05) is 7.11 Å². The Hall–Kier alpha value is -1.55. The summed E-state index contributed by atoms with van der Waals surface area (Å²) in [5.41, 5.74) is 1.99. The lowest BCUT2D eigenvalue weighted by Crippen LogP contribution is -2.43. The van der Waals surface area contributed by atoms with Crippen LogP contribution in [0.2, 0.25) is 0 Å². The highest BCUT2D eigenvalue weighted by molar-refractivity contribution is 5.79. The van der Waals surface area contributed by atoms with Gasteiger partial charge in [0.25, 0.3) is 0 Å². The van der Waals surface area contributed by atoms with Crippen molar-refractivity contribution in [3.05, 3.63) is 29.3 Å². The minimum atomic E-state index is -0.413. The largest absolute Gasteiger partial charge is 0.496 e. The normalized spacial score (nSPS) is 22.4. The molecule has 0 radical (unpaired) electrons. The molecule has 1 aliphatic rings. The molecule has 4 nitrogen and oxygen atoms in total. The SMILES string of the molecule is COc1cc(CC(=O)NC2CCCCCC2O)ccc1C. The highest BCUT2D eigenvalue weighted by Gasteiger charge is 2.23. The summed E-state index contributed by atoms with van der Waals surface area (Å²) < 4.78 is 5.28. The van der Waals surface area contributed by atoms with E-state index >= 15 is 0 Å². The van der Waals surface area contributed by atoms with Gasteiger partial charge in [-0.15, -0.1) is 0 Å². The number of ether oxygens (including phenoxy) is 1. The highest BCUT2D eigenvalue weighted by atomic mass is 16.5. The zero-order valence-electron chi connectivity index (χ0n) is 12.9. The van der Waals surface area contributed by atoms with Gasteiger partial charge in [-0.05, 0) is 37.0 Å². The highest BCUT2D eigenvalue weighted by Crippen LogP contribution is 2.20. The van der Waals surface area contributed by atoms with E-state index in [0.717, 1.165) is 49.0 Å². The number of carbonyl (C=O) groups excluding carboxylic acids is 1. The topological polar surface area (TPSA) is 58.6 Å². The molecule has 2 unspecified atom stereocenters. The number of hydrogen-bond donors (Lipinski definition) is 2. The Labute approximate surface area is 126 Å². The summed E-state index contributed by atoms with van der Waals surface area (Å²) in [6.07, 6.45) is 4.80. The van der Waals surface area contributed by atoms with Gasteiger partial charge < -0.3 is 15.2 Å². The number of aliphatic hydroxyl groups is 1. The van der Waals surface area contributed by atoms with Crippen LogP contribution in [0.15, 0.2) is 18.2 Å². The van der Waals surface area contributed by atoms with Gasteiger partial charge in [0, 0.05) is 0 Å². The minimum Gasteiger partial charge on any atom is -0.496 e. The number of carbonyl (C=O) groups is 1. The molecule has 4 heteroatoms. The third-order valence-corrected chi connectivity index (χ3v) is 4.16. The van der Waals surface area contributed by atoms with Crippen LogP contribution < -0.4 is 10.1 Å². The van der Waals surface area contributed by atoms with E-state index in [4.69, 9.17) is 4.74 Å². The van der Waals surface area contributed by atoms with Crippen LogP contribution in [0.25, 0.3) is 0 Å². The second kappa shape index (κ2) is 7.46. The molecule has 0 heterocycles. The molecule has 1 fully saturated rings. The molecule has 21 heavy (non-hydrogen) atoms. The Morgan fingerprint density at radius 1 is 1.33 bits per heavy atom. The first-order valence-electron chi connectivity index (χ1n) is 7.71. The van der Waals surface area contributed by atoms with Crippen LogP contribution in [-0.2, 0) is 11.2 Å². The molecular weight excluding hydrogens is 266 g/mol. The monoisotopic (exact) mass is 291 g/mol. The van der Waals surface area contributed by atoms with Crippen molar-refractivity contribution in [1.29, 1.82) is 0 Å². The van der Waals surface area contributed by atoms with E-state index in [1.165, 1.54) is 0 Å². The number of nitrogens with one attached hydrogen (secondary N) is 1. The Balaban J connectivity index is 1.94. The summed E-state index contributed by atoms with van der Waals surface area (Å²) in [5.74, 6) is 0.765. The number of methoxy groups -OCH3 is 1. The number of benzene rings is 1. The molecule has 1 aliphatic carbocycles. The first-order valence-corrected chi connectivity index (χ1v) is 7.71. The molecule has 2 N–H and O–H groups in total. The molecule has 0 aliphatic heterocycles. The first kappa shape index (κ1) is 15.8. The lowest BCUT2D eigenvalue weighted by molar-refractivity contribution is -0.122. The summed E-state index contributed by atoms with van der Waals surface area (Å²) in [4.78, 5) is 12.2. The van der Waals surface area contributed by atoms with E-state index in [1.54, 1.807) is 7.11 Å². The van der Waals surface area contributed by atoms with Crippen molar-refractivity contribution in [2.24, 2.45) is 0 Å². The predicted molar refractivity (Wildman–Crippen MR) is 82.5 cm³/mol. The van der Waals surface area contributed by atoms with Crippen LogP contribution >= 0.6 is 0 Å². The number of hydrogen-bond acceptors (Lipinski definition) is 3. The molecule has 0 saturated heterocycles. The maximum absolute atomic E-state index is 12.2. The van der Waals surface area contributed by atoms with Gasteiger partial charge in [0.2, 0.25) is 5.91 Å². The summed E-state index contributed by atoms with van der Waals surface area (Å²) in [5, 5.41) is 13.0. The van der Waals surface area contributed by atoms with Crippen molar-refractivity contribution in [3.63, 3.8) is 0 Å². The fraction of sp³-hybridized carbons (Fsp3) is 0.588. The number of rotatable bonds is 4. The number of amides is 1. The van der Waals surface area contributed by atoms with E-state index < -0.39 is 6.10 Å². The van der Waals surface area contributed by atoms with Gasteiger partial charge in [0.05, 0.1) is 25.7 Å². The number of aryl methyl sites for hydroxylation is 1. The van der Waals surface area contributed by atoms with E-state index in [-0.39, 0.29) is 11.9 Å². The third-order valence-electron chi connectivity index (χ3n) is 4.16. The van der Waals surface area contributed by atoms with E-state index in [0.29, 0.717) is 6.42 Å². The van der Waals surface area contributed by atoms with Gasteiger partial charge in [-0.1, -0.05) is 31.4 Å². The lowest BCUT2D eigenvalue weighted by atomic mass is 10.0. The van der Waals surface area contributed by atoms with Crippen molar-refractivity contribution in [2.45, 2.75) is 57.6 Å². The second-order valence-corrected chi connectivity index (χ2v) is 5.86. The Kier molecular flexibility index (Phi) is 5.62. The van der Waals surface area contributed by atoms with Gasteiger partial charge in [-0.25, -0.2) is 0 Å². The van der Waals surface area contributed by atoms with Gasteiger partial charge >= 0.3 is 0 Å². The molecule has 116 valence electrons. The van der Waals surface area contributed by atoms with Crippen molar-refractivity contribution in [1.82, 2.24) is 5.32 Å². The second-order valence-electron chi connectivity index (χ2n) is 5.86. The van der Waals surface area contributed by atoms with E-state index in [9.17, 15) is 9.90 Å². The molecule has 0 aromatic heterocycles. The van der Waals surface area contributed by atoms with Gasteiger partial charge in [0.15, 0.2) is 0 Å². The average Bonchev–Trinajstić information content (AvgIpc) is 2.66. The Morgan fingerprint density at radius 3 is 2.86 bits per heavy atom. The van der Waals surface area contributed by atoms with E-state index in [1.807, 2.05) is 25.1 Å². The average molecular weight is 291 g/mol. The summed E-state index contributed by atoms with van der Waals surface area (Å²) in [6, 6.07) is 5.70. The van der Waals surface area contributed by atoms with Crippen molar-refractivity contribution < 1.29 is 14.6 Å². The summed E-state index contributed by atoms with van der Waals surface area (Å²) >= 11 is 0. The standard InChI is InChI=1S/C17H25NO3/c1-12-8-9-13(10-16(12)21-2)11-17(20)18-14-6-4-3-5-7-15(14)19/h8-10,14-15,19H,3-7,11H2,1-2H3,(H,18,20). The fourth-order valence-electron chi connectivity index (χ4n) is 2.87. The smallest absolute Gasteiger partial charge is 0.224 e. The van der Waals surface area contributed by atoms with Crippen LogP contribution in [0.5, 0.6) is 5.75 Å². The van der Waals surface area contributed by atoms with Gasteiger partial charge in [-0.2, -0.15) is 0 Å². The quantitative estimate of drug-likeness (QED) is 0.837. The predicted octanol–water partition coefficient (Wildman–Crippen LogP) is 2.36. The lowest BCUT2D eigenvalue weighted by Gasteiger charge is -2.21. The van der Waals surface area contributed by atoms with Crippen LogP contribution in [0.4, 0.5) is 0 Å². The molecule has 1 aromatic carbocycles. The first-order chi connectivity index (χ1) is 10.1. The maximum Gasteiger partial charge on any atom is 0.224 e. The maximum atomic E-state index is 12.2. The molecule has 0 spiro atoms. The molecule has 1 saturated carbocycles. The fourth-order valence-corrected chi connectivity index (χ4v) is 2.87. The van der Waals surface area contributed by atoms with E-state index in [2.05, 4.69) is 5.32 Å². The summed E-state index contributed by atoms with van der Waals surface area (Å²) in [7, 11) is 1.63.